The number of hydrogen-bond acceptors (Lipinski definition) is 6. The maximum absolute atomic E-state index is 4.56. The van der Waals surface area contributed by atoms with E-state index in [4.69, 9.17) is 0 Å². The number of anilines is 1. The summed E-state index contributed by atoms with van der Waals surface area (Å²) in [6.45, 7) is 1.89. The Balaban J connectivity index is 1.68. The third-order valence-electron chi connectivity index (χ3n) is 3.65. The van der Waals surface area contributed by atoms with E-state index in [-0.39, 0.29) is 0 Å². The molecule has 0 atom stereocenters. The van der Waals surface area contributed by atoms with Crippen LogP contribution in [0.2, 0.25) is 0 Å². The van der Waals surface area contributed by atoms with Crippen LogP contribution in [0, 0.1) is 6.92 Å². The van der Waals surface area contributed by atoms with Crippen LogP contribution in [0.1, 0.15) is 11.4 Å². The second kappa shape index (κ2) is 6.78. The third kappa shape index (κ3) is 3.39. The molecule has 122 valence electrons. The Kier molecular flexibility index (Phi) is 4.18. The summed E-state index contributed by atoms with van der Waals surface area (Å²) in [7, 11) is 0. The minimum Gasteiger partial charge on any atom is -0.265 e. The van der Waals surface area contributed by atoms with Crippen LogP contribution >= 0.6 is 11.3 Å². The van der Waals surface area contributed by atoms with Gasteiger partial charge in [-0.05, 0) is 36.2 Å². The van der Waals surface area contributed by atoms with Crippen molar-refractivity contribution in [1.82, 2.24) is 15.0 Å². The Hall–Kier alpha value is -3.12. The molecule has 0 spiro atoms. The largest absolute Gasteiger partial charge is 0.265 e. The van der Waals surface area contributed by atoms with E-state index in [1.54, 1.807) is 29.9 Å². The molecular weight excluding hydrogens is 330 g/mol. The molecular formula is C19H15N5S. The van der Waals surface area contributed by atoms with E-state index >= 15 is 0 Å². The van der Waals surface area contributed by atoms with E-state index in [1.807, 2.05) is 37.3 Å². The maximum atomic E-state index is 4.56. The van der Waals surface area contributed by atoms with Crippen molar-refractivity contribution in [3.63, 3.8) is 0 Å². The minimum absolute atomic E-state index is 0.714. The number of nitrogens with one attached hydrogen (secondary N) is 1. The summed E-state index contributed by atoms with van der Waals surface area (Å²) >= 11 is 1.66. The van der Waals surface area contributed by atoms with Crippen LogP contribution in [0.3, 0.4) is 0 Å². The van der Waals surface area contributed by atoms with Gasteiger partial charge in [-0.2, -0.15) is 5.10 Å². The van der Waals surface area contributed by atoms with Crippen molar-refractivity contribution in [3.8, 4) is 10.4 Å². The Morgan fingerprint density at radius 1 is 1.04 bits per heavy atom. The molecule has 0 aliphatic heterocycles. The number of benzene rings is 1. The highest BCUT2D eigenvalue weighted by molar-refractivity contribution is 7.21. The van der Waals surface area contributed by atoms with Crippen molar-refractivity contribution in [2.75, 3.05) is 5.43 Å². The van der Waals surface area contributed by atoms with Crippen molar-refractivity contribution in [2.45, 2.75) is 6.92 Å². The quantitative estimate of drug-likeness (QED) is 0.437. The number of nitrogens with zero attached hydrogens (tertiary/aromatic N) is 4. The van der Waals surface area contributed by atoms with Gasteiger partial charge < -0.3 is 0 Å². The number of thiophene rings is 1. The summed E-state index contributed by atoms with van der Waals surface area (Å²) in [6, 6.07) is 16.2. The summed E-state index contributed by atoms with van der Waals surface area (Å²) in [4.78, 5) is 15.2. The van der Waals surface area contributed by atoms with Crippen molar-refractivity contribution < 1.29 is 0 Å². The smallest absolute Gasteiger partial charge is 0.158 e. The zero-order valence-electron chi connectivity index (χ0n) is 13.5. The highest BCUT2D eigenvalue weighted by Crippen LogP contribution is 2.35. The van der Waals surface area contributed by atoms with Gasteiger partial charge in [-0.3, -0.25) is 10.4 Å². The van der Waals surface area contributed by atoms with E-state index in [2.05, 4.69) is 43.7 Å². The predicted molar refractivity (Wildman–Crippen MR) is 103 cm³/mol. The summed E-state index contributed by atoms with van der Waals surface area (Å²) in [5.74, 6) is 1.43. The number of hydrazone groups is 1. The summed E-state index contributed by atoms with van der Waals surface area (Å²) in [5, 5.41) is 5.27. The molecule has 0 aliphatic carbocycles. The Labute approximate surface area is 149 Å². The second-order valence-electron chi connectivity index (χ2n) is 5.47. The average molecular weight is 345 g/mol. The van der Waals surface area contributed by atoms with Crippen LogP contribution in [0.4, 0.5) is 5.82 Å². The van der Waals surface area contributed by atoms with Gasteiger partial charge in [0, 0.05) is 17.3 Å². The van der Waals surface area contributed by atoms with Crippen molar-refractivity contribution in [2.24, 2.45) is 5.10 Å². The van der Waals surface area contributed by atoms with Crippen LogP contribution in [-0.4, -0.2) is 21.2 Å². The Bertz CT molecular complexity index is 1030. The molecule has 1 aromatic carbocycles. The predicted octanol–water partition coefficient (Wildman–Crippen LogP) is 4.51. The number of hydrogen-bond donors (Lipinski definition) is 1. The van der Waals surface area contributed by atoms with Crippen LogP contribution in [0.25, 0.3) is 20.7 Å². The monoisotopic (exact) mass is 345 g/mol. The van der Waals surface area contributed by atoms with Crippen LogP contribution in [0.5, 0.6) is 0 Å². The number of fused-ring (bicyclic) bond motifs is 1. The Morgan fingerprint density at radius 2 is 1.84 bits per heavy atom. The SMILES string of the molecule is Cc1nc(N/N=C/c2ccncc2)c2cc(-c3ccccc3)sc2n1. The van der Waals surface area contributed by atoms with Gasteiger partial charge in [0.05, 0.1) is 11.6 Å². The number of rotatable bonds is 4. The first kappa shape index (κ1) is 15.4. The fraction of sp³-hybridized carbons (Fsp3) is 0.0526. The van der Waals surface area contributed by atoms with E-state index in [9.17, 15) is 0 Å². The molecule has 0 saturated heterocycles. The van der Waals surface area contributed by atoms with Gasteiger partial charge in [0.25, 0.3) is 0 Å². The van der Waals surface area contributed by atoms with E-state index in [0.29, 0.717) is 5.82 Å². The molecule has 0 aliphatic rings. The first-order chi connectivity index (χ1) is 12.3. The lowest BCUT2D eigenvalue weighted by Gasteiger charge is -2.02. The van der Waals surface area contributed by atoms with Crippen molar-refractivity contribution >= 4 is 33.6 Å². The van der Waals surface area contributed by atoms with Crippen molar-refractivity contribution in [3.05, 3.63) is 72.3 Å². The average Bonchev–Trinajstić information content (AvgIpc) is 3.07. The van der Waals surface area contributed by atoms with Gasteiger partial charge in [0.2, 0.25) is 0 Å². The first-order valence-electron chi connectivity index (χ1n) is 7.82. The molecule has 0 radical (unpaired) electrons. The highest BCUT2D eigenvalue weighted by atomic mass is 32.1. The fourth-order valence-electron chi connectivity index (χ4n) is 2.48. The number of aromatic nitrogens is 3. The van der Waals surface area contributed by atoms with Crippen LogP contribution in [0.15, 0.2) is 66.0 Å². The number of pyridine rings is 1. The molecule has 1 N–H and O–H groups in total. The van der Waals surface area contributed by atoms with Crippen LogP contribution in [-0.2, 0) is 0 Å². The molecule has 0 fully saturated rings. The van der Waals surface area contributed by atoms with Gasteiger partial charge in [0.1, 0.15) is 10.7 Å². The zero-order chi connectivity index (χ0) is 17.1. The molecule has 6 heteroatoms. The molecule has 4 rings (SSSR count). The zero-order valence-corrected chi connectivity index (χ0v) is 14.4. The lowest BCUT2D eigenvalue weighted by atomic mass is 10.2. The van der Waals surface area contributed by atoms with E-state index < -0.39 is 0 Å². The normalized spacial score (nSPS) is 11.2. The molecule has 0 amide bonds. The van der Waals surface area contributed by atoms with Crippen LogP contribution < -0.4 is 5.43 Å². The number of aryl methyl sites for hydroxylation is 1. The molecule has 5 nitrogen and oxygen atoms in total. The topological polar surface area (TPSA) is 63.1 Å². The Morgan fingerprint density at radius 3 is 2.64 bits per heavy atom. The summed E-state index contributed by atoms with van der Waals surface area (Å²) < 4.78 is 0. The maximum Gasteiger partial charge on any atom is 0.158 e. The molecule has 0 unspecified atom stereocenters. The lowest BCUT2D eigenvalue weighted by molar-refractivity contribution is 1.09. The first-order valence-corrected chi connectivity index (χ1v) is 8.64. The molecule has 0 saturated carbocycles. The van der Waals surface area contributed by atoms with Gasteiger partial charge in [0.15, 0.2) is 5.82 Å². The molecule has 3 heterocycles. The second-order valence-corrected chi connectivity index (χ2v) is 6.50. The van der Waals surface area contributed by atoms with Crippen molar-refractivity contribution in [1.29, 1.82) is 0 Å². The van der Waals surface area contributed by atoms with Gasteiger partial charge in [-0.25, -0.2) is 9.97 Å². The van der Waals surface area contributed by atoms with Gasteiger partial charge >= 0.3 is 0 Å². The van der Waals surface area contributed by atoms with Gasteiger partial charge in [-0.1, -0.05) is 30.3 Å². The minimum atomic E-state index is 0.714. The van der Waals surface area contributed by atoms with E-state index in [1.165, 1.54) is 5.56 Å². The molecule has 0 bridgehead atoms. The summed E-state index contributed by atoms with van der Waals surface area (Å²) in [5.41, 5.74) is 5.19. The van der Waals surface area contributed by atoms with Gasteiger partial charge in [-0.15, -0.1) is 11.3 Å². The lowest BCUT2D eigenvalue weighted by Crippen LogP contribution is -1.97. The fourth-order valence-corrected chi connectivity index (χ4v) is 3.56. The molecule has 3 aromatic heterocycles. The third-order valence-corrected chi connectivity index (χ3v) is 4.73. The summed E-state index contributed by atoms with van der Waals surface area (Å²) in [6.07, 6.45) is 5.22. The van der Waals surface area contributed by atoms with E-state index in [0.717, 1.165) is 26.5 Å². The molecule has 25 heavy (non-hydrogen) atoms. The standard InChI is InChI=1S/C19H15N5S/c1-13-22-18(24-21-12-14-7-9-20-10-8-14)16-11-17(25-19(16)23-13)15-5-3-2-4-6-15/h2-12H,1H3,(H,22,23,24)/b21-12+. The molecule has 4 aromatic rings. The highest BCUT2D eigenvalue weighted by Gasteiger charge is 2.11.